The number of pyridine rings is 1. The van der Waals surface area contributed by atoms with Gasteiger partial charge in [-0.2, -0.15) is 0 Å². The first kappa shape index (κ1) is 18.1. The fourth-order valence-electron chi connectivity index (χ4n) is 3.09. The fourth-order valence-corrected chi connectivity index (χ4v) is 4.09. The molecule has 4 rings (SSSR count). The minimum absolute atomic E-state index is 0.135. The van der Waals surface area contributed by atoms with Gasteiger partial charge in [-0.3, -0.25) is 9.78 Å². The summed E-state index contributed by atoms with van der Waals surface area (Å²) in [5.41, 5.74) is 1.98. The van der Waals surface area contributed by atoms with Crippen molar-refractivity contribution in [3.8, 4) is 0 Å². The maximum absolute atomic E-state index is 12.9. The molecule has 1 aliphatic heterocycles. The van der Waals surface area contributed by atoms with Gasteiger partial charge in [-0.25, -0.2) is 9.97 Å². The second kappa shape index (κ2) is 7.38. The minimum Gasteiger partial charge on any atom is -0.391 e. The van der Waals surface area contributed by atoms with Crippen LogP contribution in [0.3, 0.4) is 0 Å². The SMILES string of the molecule is C[C@H](Nc1nc(C(=O)N2CC[C@@H](O)C2)c2sccc2n1)c1cncc(Cl)c1. The normalized spacial score (nSPS) is 18.0. The number of rotatable bonds is 4. The smallest absolute Gasteiger partial charge is 0.274 e. The first-order valence-corrected chi connectivity index (χ1v) is 9.86. The van der Waals surface area contributed by atoms with Crippen molar-refractivity contribution >= 4 is 45.0 Å². The second-order valence-electron chi connectivity index (χ2n) is 6.53. The Labute approximate surface area is 165 Å². The number of halogens is 1. The van der Waals surface area contributed by atoms with Crippen LogP contribution in [0.15, 0.2) is 29.9 Å². The Bertz CT molecular complexity index is 995. The summed E-state index contributed by atoms with van der Waals surface area (Å²) in [6, 6.07) is 3.56. The van der Waals surface area contributed by atoms with E-state index in [9.17, 15) is 9.90 Å². The standard InChI is InChI=1S/C18H18ClN5O2S/c1-10(11-6-12(19)8-20-7-11)21-18-22-14-3-5-27-16(14)15(23-18)17(26)24-4-2-13(25)9-24/h3,5-8,10,13,25H,2,4,9H2,1H3,(H,21,22,23)/t10-,13+/m0/s1. The van der Waals surface area contributed by atoms with Gasteiger partial charge in [0.25, 0.3) is 5.91 Å². The summed E-state index contributed by atoms with van der Waals surface area (Å²) in [6.07, 6.45) is 3.42. The maximum atomic E-state index is 12.9. The van der Waals surface area contributed by atoms with Crippen molar-refractivity contribution in [3.63, 3.8) is 0 Å². The number of aliphatic hydroxyl groups excluding tert-OH is 1. The largest absolute Gasteiger partial charge is 0.391 e. The highest BCUT2D eigenvalue weighted by atomic mass is 35.5. The maximum Gasteiger partial charge on any atom is 0.274 e. The summed E-state index contributed by atoms with van der Waals surface area (Å²) in [7, 11) is 0. The molecule has 0 spiro atoms. The van der Waals surface area contributed by atoms with E-state index < -0.39 is 6.10 Å². The monoisotopic (exact) mass is 403 g/mol. The van der Waals surface area contributed by atoms with E-state index in [1.807, 2.05) is 24.4 Å². The van der Waals surface area contributed by atoms with Gasteiger partial charge in [-0.1, -0.05) is 11.6 Å². The van der Waals surface area contributed by atoms with Crippen molar-refractivity contribution in [2.24, 2.45) is 0 Å². The van der Waals surface area contributed by atoms with E-state index >= 15 is 0 Å². The van der Waals surface area contributed by atoms with E-state index in [1.54, 1.807) is 17.3 Å². The lowest BCUT2D eigenvalue weighted by Crippen LogP contribution is -2.30. The summed E-state index contributed by atoms with van der Waals surface area (Å²) in [5.74, 6) is 0.193. The number of nitrogens with zero attached hydrogens (tertiary/aromatic N) is 4. The average Bonchev–Trinajstić information content (AvgIpc) is 3.29. The number of anilines is 1. The van der Waals surface area contributed by atoms with Gasteiger partial charge >= 0.3 is 0 Å². The van der Waals surface area contributed by atoms with Crippen molar-refractivity contribution < 1.29 is 9.90 Å². The van der Waals surface area contributed by atoms with Gasteiger partial charge in [0.2, 0.25) is 5.95 Å². The highest BCUT2D eigenvalue weighted by molar-refractivity contribution is 7.17. The number of aliphatic hydroxyl groups is 1. The number of β-amino-alcohol motifs (C(OH)–C–C–N with tert-alkyl or cyclic N) is 1. The number of carbonyl (C=O) groups excluding carboxylic acids is 1. The molecule has 1 amide bonds. The Morgan fingerprint density at radius 1 is 1.44 bits per heavy atom. The van der Waals surface area contributed by atoms with Crippen molar-refractivity contribution in [2.75, 3.05) is 18.4 Å². The molecule has 3 aromatic heterocycles. The van der Waals surface area contributed by atoms with Crippen LogP contribution in [0.4, 0.5) is 5.95 Å². The molecule has 2 N–H and O–H groups in total. The van der Waals surface area contributed by atoms with Crippen LogP contribution in [-0.2, 0) is 0 Å². The van der Waals surface area contributed by atoms with Crippen LogP contribution >= 0.6 is 22.9 Å². The van der Waals surface area contributed by atoms with Crippen molar-refractivity contribution in [1.29, 1.82) is 0 Å². The molecule has 1 saturated heterocycles. The molecule has 3 aromatic rings. The first-order valence-electron chi connectivity index (χ1n) is 8.61. The molecule has 140 valence electrons. The van der Waals surface area contributed by atoms with Crippen LogP contribution in [0.5, 0.6) is 0 Å². The number of fused-ring (bicyclic) bond motifs is 1. The Kier molecular flexibility index (Phi) is 4.94. The van der Waals surface area contributed by atoms with Crippen LogP contribution in [0, 0.1) is 0 Å². The summed E-state index contributed by atoms with van der Waals surface area (Å²) in [6.45, 7) is 2.82. The van der Waals surface area contributed by atoms with Gasteiger partial charge in [0.05, 0.1) is 27.4 Å². The number of likely N-dealkylation sites (tertiary alicyclic amines) is 1. The number of hydrogen-bond acceptors (Lipinski definition) is 7. The summed E-state index contributed by atoms with van der Waals surface area (Å²) in [5, 5.41) is 15.4. The van der Waals surface area contributed by atoms with Crippen LogP contribution in [0.2, 0.25) is 5.02 Å². The van der Waals surface area contributed by atoms with Gasteiger partial charge in [0.15, 0.2) is 5.69 Å². The quantitative estimate of drug-likeness (QED) is 0.695. The van der Waals surface area contributed by atoms with Gasteiger partial charge in [0, 0.05) is 25.5 Å². The highest BCUT2D eigenvalue weighted by Gasteiger charge is 2.28. The molecule has 7 nitrogen and oxygen atoms in total. The predicted molar refractivity (Wildman–Crippen MR) is 105 cm³/mol. The van der Waals surface area contributed by atoms with Crippen LogP contribution in [0.25, 0.3) is 10.2 Å². The van der Waals surface area contributed by atoms with E-state index in [2.05, 4.69) is 20.3 Å². The molecule has 27 heavy (non-hydrogen) atoms. The molecule has 0 aromatic carbocycles. The summed E-state index contributed by atoms with van der Waals surface area (Å²) < 4.78 is 0.754. The zero-order chi connectivity index (χ0) is 19.0. The van der Waals surface area contributed by atoms with E-state index in [4.69, 9.17) is 11.6 Å². The molecule has 0 bridgehead atoms. The number of aromatic nitrogens is 3. The Morgan fingerprint density at radius 2 is 2.30 bits per heavy atom. The van der Waals surface area contributed by atoms with E-state index in [1.165, 1.54) is 11.3 Å². The van der Waals surface area contributed by atoms with Crippen LogP contribution < -0.4 is 5.32 Å². The molecule has 0 saturated carbocycles. The molecule has 0 radical (unpaired) electrons. The number of nitrogens with one attached hydrogen (secondary N) is 1. The Balaban J connectivity index is 1.65. The molecule has 4 heterocycles. The molecular weight excluding hydrogens is 386 g/mol. The lowest BCUT2D eigenvalue weighted by molar-refractivity contribution is 0.0761. The molecule has 1 aliphatic rings. The number of amides is 1. The Morgan fingerprint density at radius 3 is 3.04 bits per heavy atom. The van der Waals surface area contributed by atoms with Gasteiger partial charge in [-0.15, -0.1) is 11.3 Å². The van der Waals surface area contributed by atoms with Crippen LogP contribution in [-0.4, -0.2) is 50.1 Å². The van der Waals surface area contributed by atoms with Gasteiger partial charge < -0.3 is 15.3 Å². The van der Waals surface area contributed by atoms with Crippen molar-refractivity contribution in [2.45, 2.75) is 25.5 Å². The van der Waals surface area contributed by atoms with E-state index in [-0.39, 0.29) is 11.9 Å². The van der Waals surface area contributed by atoms with E-state index in [0.29, 0.717) is 36.2 Å². The molecule has 1 fully saturated rings. The fraction of sp³-hybridized carbons (Fsp3) is 0.333. The number of thiophene rings is 1. The lowest BCUT2D eigenvalue weighted by atomic mass is 10.1. The highest BCUT2D eigenvalue weighted by Crippen LogP contribution is 2.27. The predicted octanol–water partition coefficient (Wildman–Crippen LogP) is 3.12. The number of carbonyl (C=O) groups is 1. The van der Waals surface area contributed by atoms with Crippen molar-refractivity contribution in [3.05, 3.63) is 46.2 Å². The third-order valence-electron chi connectivity index (χ3n) is 4.53. The van der Waals surface area contributed by atoms with Gasteiger partial charge in [-0.05, 0) is 36.4 Å². The Hall–Kier alpha value is -2.29. The summed E-state index contributed by atoms with van der Waals surface area (Å²) in [4.78, 5) is 27.7. The topological polar surface area (TPSA) is 91.2 Å². The van der Waals surface area contributed by atoms with Crippen molar-refractivity contribution in [1.82, 2.24) is 19.9 Å². The zero-order valence-corrected chi connectivity index (χ0v) is 16.2. The zero-order valence-electron chi connectivity index (χ0n) is 14.6. The van der Waals surface area contributed by atoms with Gasteiger partial charge in [0.1, 0.15) is 0 Å². The first-order chi connectivity index (χ1) is 13.0. The number of hydrogen-bond donors (Lipinski definition) is 2. The molecule has 0 unspecified atom stereocenters. The molecular formula is C18H18ClN5O2S. The molecule has 0 aliphatic carbocycles. The lowest BCUT2D eigenvalue weighted by Gasteiger charge is -2.17. The third kappa shape index (κ3) is 3.73. The third-order valence-corrected chi connectivity index (χ3v) is 5.65. The summed E-state index contributed by atoms with van der Waals surface area (Å²) >= 11 is 7.45. The average molecular weight is 404 g/mol. The van der Waals surface area contributed by atoms with E-state index in [0.717, 1.165) is 15.8 Å². The molecule has 2 atom stereocenters. The minimum atomic E-state index is -0.470. The second-order valence-corrected chi connectivity index (χ2v) is 7.88. The van der Waals surface area contributed by atoms with Crippen LogP contribution in [0.1, 0.15) is 35.4 Å². The molecule has 9 heteroatoms.